The van der Waals surface area contributed by atoms with Crippen molar-refractivity contribution < 1.29 is 38.2 Å². The molecule has 8 heteroatoms. The normalized spacial score (nSPS) is 13.7. The molecule has 0 N–H and O–H groups in total. The number of carboxylic acid groups (broad SMARTS) is 1. The zero-order valence-electron chi connectivity index (χ0n) is 38.1. The Morgan fingerprint density at radius 3 is 1.32 bits per heavy atom. The second-order valence-corrected chi connectivity index (χ2v) is 16.2. The first-order chi connectivity index (χ1) is 28.6. The summed E-state index contributed by atoms with van der Waals surface area (Å²) in [4.78, 5) is 36.9. The summed E-state index contributed by atoms with van der Waals surface area (Å²) in [5.74, 6) is -1.78. The van der Waals surface area contributed by atoms with E-state index in [1.54, 1.807) is 21.1 Å². The number of esters is 2. The van der Waals surface area contributed by atoms with Crippen LogP contribution in [0.3, 0.4) is 0 Å². The van der Waals surface area contributed by atoms with Crippen molar-refractivity contribution in [3.8, 4) is 0 Å². The molecular weight excluding hydrogens is 739 g/mol. The van der Waals surface area contributed by atoms with E-state index in [0.717, 1.165) is 109 Å². The zero-order chi connectivity index (χ0) is 43.5. The number of carboxylic acids is 1. The molecule has 0 spiro atoms. The molecule has 0 aliphatic rings. The van der Waals surface area contributed by atoms with Crippen molar-refractivity contribution in [3.63, 3.8) is 0 Å². The van der Waals surface area contributed by atoms with Crippen LogP contribution in [-0.4, -0.2) is 75.5 Å². The van der Waals surface area contributed by atoms with E-state index in [1.807, 2.05) is 0 Å². The predicted molar refractivity (Wildman–Crippen MR) is 245 cm³/mol. The van der Waals surface area contributed by atoms with Gasteiger partial charge in [-0.2, -0.15) is 0 Å². The summed E-state index contributed by atoms with van der Waals surface area (Å²) in [5.41, 5.74) is 0. The lowest BCUT2D eigenvalue weighted by molar-refractivity contribution is -0.889. The zero-order valence-corrected chi connectivity index (χ0v) is 38.1. The Morgan fingerprint density at radius 1 is 0.508 bits per heavy atom. The highest BCUT2D eigenvalue weighted by Gasteiger charge is 2.25. The summed E-state index contributed by atoms with van der Waals surface area (Å²) in [6.45, 7) is 4.40. The fourth-order valence-electron chi connectivity index (χ4n) is 6.25. The minimum atomic E-state index is -1.13. The topological polar surface area (TPSA) is 102 Å². The maximum absolute atomic E-state index is 12.7. The number of carbonyl (C=O) groups excluding carboxylic acids is 3. The lowest BCUT2D eigenvalue weighted by atomic mass is 10.1. The smallest absolute Gasteiger partial charge is 0.306 e. The van der Waals surface area contributed by atoms with Gasteiger partial charge in [-0.1, -0.05) is 150 Å². The first-order valence-corrected chi connectivity index (χ1v) is 23.1. The molecule has 0 heterocycles. The van der Waals surface area contributed by atoms with E-state index in [4.69, 9.17) is 14.2 Å². The second kappa shape index (κ2) is 41.3. The maximum Gasteiger partial charge on any atom is 0.306 e. The van der Waals surface area contributed by atoms with Crippen LogP contribution in [0.1, 0.15) is 168 Å². The van der Waals surface area contributed by atoms with Crippen LogP contribution in [0.25, 0.3) is 0 Å². The Balaban J connectivity index is 4.37. The standard InChI is InChI=1S/C51H85NO7/c1-6-8-10-12-14-16-18-20-22-24-25-26-28-29-31-33-35-37-39-41-49(53)58-46-47(45-57-44-43-48(51(55)56)52(3,4)5)59-50(54)42-40-38-36-34-32-30-27-23-21-19-17-15-13-11-9-7-2/h8-11,14-17,20-23,25-26,47-48H,6-7,12-13,18-19,24,27-46H2,1-5H3/b10-8+,11-9+,16-14+,17-15+,22-20+,23-21+,26-25+. The molecule has 0 fully saturated rings. The van der Waals surface area contributed by atoms with Crippen LogP contribution in [0.2, 0.25) is 0 Å². The average molecular weight is 824 g/mol. The van der Waals surface area contributed by atoms with Crippen molar-refractivity contribution in [2.24, 2.45) is 0 Å². The Bertz CT molecular complexity index is 1240. The quantitative estimate of drug-likeness (QED) is 0.0262. The van der Waals surface area contributed by atoms with Crippen LogP contribution in [0, 0.1) is 0 Å². The largest absolute Gasteiger partial charge is 0.544 e. The third kappa shape index (κ3) is 39.7. The van der Waals surface area contributed by atoms with Gasteiger partial charge in [-0.15, -0.1) is 0 Å². The molecule has 0 aromatic heterocycles. The van der Waals surface area contributed by atoms with Crippen molar-refractivity contribution in [3.05, 3.63) is 85.1 Å². The van der Waals surface area contributed by atoms with Crippen LogP contribution in [0.15, 0.2) is 85.1 Å². The molecule has 0 aromatic carbocycles. The number of ether oxygens (including phenoxy) is 3. The molecule has 0 aromatic rings. The molecule has 0 radical (unpaired) electrons. The van der Waals surface area contributed by atoms with Gasteiger partial charge in [-0.25, -0.2) is 0 Å². The van der Waals surface area contributed by atoms with Crippen LogP contribution in [0.4, 0.5) is 0 Å². The SMILES string of the molecule is CC/C=C/C/C=C/C/C=C/C/C=C/CCCCCCCCC(=O)OCC(COCCC(C(=O)[O-])[N+](C)(C)C)OC(=O)CCCCCCCC/C=C/C/C=C/C/C=C/CC. The van der Waals surface area contributed by atoms with Gasteiger partial charge in [0, 0.05) is 19.3 Å². The number of carbonyl (C=O) groups is 3. The molecule has 59 heavy (non-hydrogen) atoms. The number of allylic oxidation sites excluding steroid dienone is 14. The highest BCUT2D eigenvalue weighted by molar-refractivity contribution is 5.70. The third-order valence-electron chi connectivity index (χ3n) is 9.78. The van der Waals surface area contributed by atoms with Gasteiger partial charge in [0.1, 0.15) is 12.6 Å². The molecule has 0 aliphatic heterocycles. The Morgan fingerprint density at radius 2 is 0.898 bits per heavy atom. The minimum absolute atomic E-state index is 0.0257. The summed E-state index contributed by atoms with van der Waals surface area (Å²) >= 11 is 0. The van der Waals surface area contributed by atoms with Crippen LogP contribution >= 0.6 is 0 Å². The number of rotatable bonds is 40. The molecule has 2 unspecified atom stereocenters. The van der Waals surface area contributed by atoms with Gasteiger partial charge >= 0.3 is 11.9 Å². The van der Waals surface area contributed by atoms with Gasteiger partial charge in [0.25, 0.3) is 0 Å². The Labute approximate surface area is 361 Å². The number of hydrogen-bond donors (Lipinski definition) is 0. The summed E-state index contributed by atoms with van der Waals surface area (Å²) in [6.07, 6.45) is 53.2. The first-order valence-electron chi connectivity index (χ1n) is 23.1. The summed E-state index contributed by atoms with van der Waals surface area (Å²) < 4.78 is 17.2. The van der Waals surface area contributed by atoms with Crippen molar-refractivity contribution >= 4 is 17.9 Å². The van der Waals surface area contributed by atoms with E-state index in [2.05, 4.69) is 98.9 Å². The number of likely N-dealkylation sites (N-methyl/N-ethyl adjacent to an activating group) is 1. The van der Waals surface area contributed by atoms with Gasteiger partial charge in [0.15, 0.2) is 6.10 Å². The van der Waals surface area contributed by atoms with Crippen molar-refractivity contribution in [2.45, 2.75) is 180 Å². The van der Waals surface area contributed by atoms with E-state index in [-0.39, 0.29) is 42.7 Å². The molecule has 2 atom stereocenters. The number of nitrogens with zero attached hydrogens (tertiary/aromatic N) is 1. The van der Waals surface area contributed by atoms with Crippen molar-refractivity contribution in [2.75, 3.05) is 41.0 Å². The number of unbranched alkanes of at least 4 members (excludes halogenated alkanes) is 12. The molecule has 336 valence electrons. The Kier molecular flexibility index (Phi) is 38.8. The third-order valence-corrected chi connectivity index (χ3v) is 9.78. The molecule has 0 bridgehead atoms. The van der Waals surface area contributed by atoms with Gasteiger partial charge < -0.3 is 28.6 Å². The van der Waals surface area contributed by atoms with Crippen LogP contribution in [0.5, 0.6) is 0 Å². The predicted octanol–water partition coefficient (Wildman–Crippen LogP) is 11.6. The van der Waals surface area contributed by atoms with Gasteiger partial charge in [0.05, 0.1) is 40.3 Å². The van der Waals surface area contributed by atoms with Gasteiger partial charge in [-0.3, -0.25) is 9.59 Å². The average Bonchev–Trinajstić information content (AvgIpc) is 3.19. The van der Waals surface area contributed by atoms with Gasteiger partial charge in [0.2, 0.25) is 0 Å². The van der Waals surface area contributed by atoms with E-state index < -0.39 is 18.1 Å². The van der Waals surface area contributed by atoms with Crippen LogP contribution in [-0.2, 0) is 28.6 Å². The number of aliphatic carboxylic acids is 1. The molecule has 0 rings (SSSR count). The highest BCUT2D eigenvalue weighted by Crippen LogP contribution is 2.13. The molecule has 0 saturated heterocycles. The molecule has 0 saturated carbocycles. The van der Waals surface area contributed by atoms with E-state index >= 15 is 0 Å². The fraction of sp³-hybridized carbons (Fsp3) is 0.667. The second-order valence-electron chi connectivity index (χ2n) is 16.2. The van der Waals surface area contributed by atoms with E-state index in [9.17, 15) is 19.5 Å². The Hall–Kier alpha value is -3.49. The highest BCUT2D eigenvalue weighted by atomic mass is 16.6. The van der Waals surface area contributed by atoms with Crippen LogP contribution < -0.4 is 5.11 Å². The number of quaternary nitrogens is 1. The van der Waals surface area contributed by atoms with Crippen molar-refractivity contribution in [1.82, 2.24) is 0 Å². The lowest BCUT2D eigenvalue weighted by Gasteiger charge is -2.34. The van der Waals surface area contributed by atoms with E-state index in [1.165, 1.54) is 25.7 Å². The maximum atomic E-state index is 12.7. The van der Waals surface area contributed by atoms with E-state index in [0.29, 0.717) is 12.8 Å². The summed E-state index contributed by atoms with van der Waals surface area (Å²) in [6, 6.07) is -0.735. The lowest BCUT2D eigenvalue weighted by Crippen LogP contribution is -2.55. The summed E-state index contributed by atoms with van der Waals surface area (Å²) in [5, 5.41) is 11.6. The molecule has 0 aliphatic carbocycles. The van der Waals surface area contributed by atoms with Gasteiger partial charge in [-0.05, 0) is 83.5 Å². The molecule has 0 amide bonds. The van der Waals surface area contributed by atoms with Crippen molar-refractivity contribution in [1.29, 1.82) is 0 Å². The number of hydrogen-bond acceptors (Lipinski definition) is 7. The molecular formula is C51H85NO7. The monoisotopic (exact) mass is 824 g/mol. The minimum Gasteiger partial charge on any atom is -0.544 e. The fourth-order valence-corrected chi connectivity index (χ4v) is 6.25. The summed E-state index contributed by atoms with van der Waals surface area (Å²) in [7, 11) is 5.39. The first kappa shape index (κ1) is 55.5. The molecule has 8 nitrogen and oxygen atoms in total.